The van der Waals surface area contributed by atoms with Gasteiger partial charge in [-0.1, -0.05) is 11.6 Å². The highest BCUT2D eigenvalue weighted by Crippen LogP contribution is 2.45. The maximum absolute atomic E-state index is 13.2. The standard InChI is InChI=1S/C25H29ClN2O6/c1-27(2)11-6-12-28-21(16-13-18(32-3)24(34-5)19(14-16)33-4)20(23(30)25(28)31)22(29)15-7-9-17(26)10-8-15/h7-10,13-14,21,29H,6,11-12H2,1-5H3/b22-20+. The second-order valence-electron chi connectivity index (χ2n) is 8.11. The zero-order valence-corrected chi connectivity index (χ0v) is 20.7. The summed E-state index contributed by atoms with van der Waals surface area (Å²) in [5.41, 5.74) is 0.925. The molecule has 0 spiro atoms. The zero-order valence-electron chi connectivity index (χ0n) is 19.9. The Morgan fingerprint density at radius 1 is 1.03 bits per heavy atom. The van der Waals surface area contributed by atoms with Crippen LogP contribution in [0.4, 0.5) is 0 Å². The van der Waals surface area contributed by atoms with E-state index in [2.05, 4.69) is 0 Å². The second kappa shape index (κ2) is 10.8. The van der Waals surface area contributed by atoms with Crippen molar-refractivity contribution in [2.45, 2.75) is 12.5 Å². The molecule has 1 N–H and O–H groups in total. The first-order valence-corrected chi connectivity index (χ1v) is 11.1. The van der Waals surface area contributed by atoms with Crippen LogP contribution in [0.15, 0.2) is 42.0 Å². The van der Waals surface area contributed by atoms with E-state index in [9.17, 15) is 14.7 Å². The van der Waals surface area contributed by atoms with E-state index in [1.54, 1.807) is 36.4 Å². The number of hydrogen-bond acceptors (Lipinski definition) is 7. The Morgan fingerprint density at radius 2 is 1.62 bits per heavy atom. The average Bonchev–Trinajstić information content (AvgIpc) is 3.07. The molecule has 0 saturated carbocycles. The zero-order chi connectivity index (χ0) is 25.0. The molecule has 0 aromatic heterocycles. The van der Waals surface area contributed by atoms with Crippen LogP contribution in [-0.2, 0) is 9.59 Å². The van der Waals surface area contributed by atoms with Gasteiger partial charge in [0.05, 0.1) is 32.9 Å². The van der Waals surface area contributed by atoms with Crippen molar-refractivity contribution >= 4 is 29.1 Å². The van der Waals surface area contributed by atoms with E-state index in [1.165, 1.54) is 26.2 Å². The Hall–Kier alpha value is -3.23. The summed E-state index contributed by atoms with van der Waals surface area (Å²) < 4.78 is 16.4. The number of hydrogen-bond donors (Lipinski definition) is 1. The highest BCUT2D eigenvalue weighted by atomic mass is 35.5. The number of aliphatic hydroxyl groups excluding tert-OH is 1. The summed E-state index contributed by atoms with van der Waals surface area (Å²) in [5.74, 6) is -0.562. The van der Waals surface area contributed by atoms with Gasteiger partial charge in [-0.25, -0.2) is 0 Å². The molecule has 1 fully saturated rings. The number of amides is 1. The number of halogens is 1. The number of nitrogens with zero attached hydrogens (tertiary/aromatic N) is 2. The van der Waals surface area contributed by atoms with Gasteiger partial charge in [0.15, 0.2) is 11.5 Å². The van der Waals surface area contributed by atoms with Crippen LogP contribution in [0.25, 0.3) is 5.76 Å². The van der Waals surface area contributed by atoms with Gasteiger partial charge in [0.1, 0.15) is 5.76 Å². The van der Waals surface area contributed by atoms with Gasteiger partial charge in [-0.05, 0) is 69.0 Å². The first-order valence-electron chi connectivity index (χ1n) is 10.7. The van der Waals surface area contributed by atoms with Crippen LogP contribution < -0.4 is 14.2 Å². The fourth-order valence-electron chi connectivity index (χ4n) is 4.04. The Kier molecular flexibility index (Phi) is 8.06. The summed E-state index contributed by atoms with van der Waals surface area (Å²) in [6, 6.07) is 8.95. The molecule has 1 saturated heterocycles. The first kappa shape index (κ1) is 25.4. The van der Waals surface area contributed by atoms with Crippen LogP contribution in [0.5, 0.6) is 17.2 Å². The summed E-state index contributed by atoms with van der Waals surface area (Å²) in [6.45, 7) is 1.05. The van der Waals surface area contributed by atoms with Crippen molar-refractivity contribution in [2.24, 2.45) is 0 Å². The Morgan fingerprint density at radius 3 is 2.12 bits per heavy atom. The van der Waals surface area contributed by atoms with Gasteiger partial charge >= 0.3 is 0 Å². The van der Waals surface area contributed by atoms with Gasteiger partial charge in [0.25, 0.3) is 11.7 Å². The number of ketones is 1. The van der Waals surface area contributed by atoms with Crippen molar-refractivity contribution in [3.05, 3.63) is 58.1 Å². The third-order valence-electron chi connectivity index (χ3n) is 5.66. The molecule has 0 radical (unpaired) electrons. The fourth-order valence-corrected chi connectivity index (χ4v) is 4.16. The summed E-state index contributed by atoms with van der Waals surface area (Å²) in [5, 5.41) is 11.6. The number of benzene rings is 2. The predicted octanol–water partition coefficient (Wildman–Crippen LogP) is 3.74. The molecule has 34 heavy (non-hydrogen) atoms. The molecule has 0 bridgehead atoms. The summed E-state index contributed by atoms with van der Waals surface area (Å²) in [6.07, 6.45) is 0.641. The van der Waals surface area contributed by atoms with Crippen LogP contribution in [0.2, 0.25) is 5.02 Å². The summed E-state index contributed by atoms with van der Waals surface area (Å²) in [4.78, 5) is 29.8. The maximum atomic E-state index is 13.2. The first-order chi connectivity index (χ1) is 16.2. The Labute approximate surface area is 204 Å². The van der Waals surface area contributed by atoms with E-state index < -0.39 is 17.7 Å². The quantitative estimate of drug-likeness (QED) is 0.327. The molecule has 1 aliphatic rings. The number of aliphatic hydroxyl groups is 1. The number of ether oxygens (including phenoxy) is 3. The van der Waals surface area contributed by atoms with Gasteiger partial charge in [0, 0.05) is 17.1 Å². The van der Waals surface area contributed by atoms with Crippen molar-refractivity contribution in [3.63, 3.8) is 0 Å². The lowest BCUT2D eigenvalue weighted by Gasteiger charge is -2.27. The molecule has 1 atom stereocenters. The third-order valence-corrected chi connectivity index (χ3v) is 5.92. The molecule has 1 aliphatic heterocycles. The van der Waals surface area contributed by atoms with Crippen LogP contribution in [0.3, 0.4) is 0 Å². The van der Waals surface area contributed by atoms with Crippen molar-refractivity contribution in [1.82, 2.24) is 9.80 Å². The van der Waals surface area contributed by atoms with Crippen molar-refractivity contribution in [1.29, 1.82) is 0 Å². The molecule has 3 rings (SSSR count). The normalized spacial score (nSPS) is 17.4. The summed E-state index contributed by atoms with van der Waals surface area (Å²) in [7, 11) is 8.34. The minimum absolute atomic E-state index is 0.00792. The Balaban J connectivity index is 2.21. The molecule has 0 aliphatic carbocycles. The lowest BCUT2D eigenvalue weighted by Crippen LogP contribution is -2.32. The Bertz CT molecular complexity index is 1070. The van der Waals surface area contributed by atoms with E-state index in [-0.39, 0.29) is 11.3 Å². The average molecular weight is 489 g/mol. The molecule has 2 aromatic rings. The molecule has 2 aromatic carbocycles. The minimum Gasteiger partial charge on any atom is -0.507 e. The molecule has 1 heterocycles. The number of methoxy groups -OCH3 is 3. The fraction of sp³-hybridized carbons (Fsp3) is 0.360. The van der Waals surface area contributed by atoms with Crippen LogP contribution in [-0.4, -0.2) is 75.1 Å². The third kappa shape index (κ3) is 4.98. The van der Waals surface area contributed by atoms with Gasteiger partial charge < -0.3 is 29.1 Å². The number of rotatable bonds is 9. The van der Waals surface area contributed by atoms with Gasteiger partial charge in [-0.3, -0.25) is 9.59 Å². The van der Waals surface area contributed by atoms with E-state index in [0.717, 1.165) is 6.54 Å². The smallest absolute Gasteiger partial charge is 0.295 e. The molecule has 8 nitrogen and oxygen atoms in total. The van der Waals surface area contributed by atoms with Gasteiger partial charge in [0.2, 0.25) is 5.75 Å². The highest BCUT2D eigenvalue weighted by Gasteiger charge is 2.46. The lowest BCUT2D eigenvalue weighted by atomic mass is 9.94. The van der Waals surface area contributed by atoms with Crippen molar-refractivity contribution < 1.29 is 28.9 Å². The SMILES string of the molecule is COc1cc(C2/C(=C(\O)c3ccc(Cl)cc3)C(=O)C(=O)N2CCCN(C)C)cc(OC)c1OC. The summed E-state index contributed by atoms with van der Waals surface area (Å²) >= 11 is 5.98. The van der Waals surface area contributed by atoms with Crippen molar-refractivity contribution in [3.8, 4) is 17.2 Å². The maximum Gasteiger partial charge on any atom is 0.295 e. The highest BCUT2D eigenvalue weighted by molar-refractivity contribution is 6.46. The van der Waals surface area contributed by atoms with E-state index in [1.807, 2.05) is 19.0 Å². The molecule has 1 unspecified atom stereocenters. The van der Waals surface area contributed by atoms with Gasteiger partial charge in [-0.2, -0.15) is 0 Å². The minimum atomic E-state index is -0.841. The predicted molar refractivity (Wildman–Crippen MR) is 130 cm³/mol. The molecular weight excluding hydrogens is 460 g/mol. The number of carbonyl (C=O) groups excluding carboxylic acids is 2. The van der Waals surface area contributed by atoms with E-state index in [4.69, 9.17) is 25.8 Å². The largest absolute Gasteiger partial charge is 0.507 e. The lowest BCUT2D eigenvalue weighted by molar-refractivity contribution is -0.139. The van der Waals surface area contributed by atoms with Crippen LogP contribution in [0.1, 0.15) is 23.6 Å². The van der Waals surface area contributed by atoms with Crippen LogP contribution in [0, 0.1) is 0 Å². The second-order valence-corrected chi connectivity index (χ2v) is 8.55. The molecule has 182 valence electrons. The van der Waals surface area contributed by atoms with Crippen LogP contribution >= 0.6 is 11.6 Å². The monoisotopic (exact) mass is 488 g/mol. The number of Topliss-reactive ketones (excluding diaryl/α,β-unsaturated/α-hetero) is 1. The number of carbonyl (C=O) groups is 2. The van der Waals surface area contributed by atoms with Crippen molar-refractivity contribution in [2.75, 3.05) is 48.5 Å². The van der Waals surface area contributed by atoms with E-state index in [0.29, 0.717) is 46.4 Å². The molecule has 9 heteroatoms. The number of likely N-dealkylation sites (tertiary alicyclic amines) is 1. The molecular formula is C25H29ClN2O6. The molecule has 1 amide bonds. The van der Waals surface area contributed by atoms with E-state index >= 15 is 0 Å². The van der Waals surface area contributed by atoms with Gasteiger partial charge in [-0.15, -0.1) is 0 Å². The topological polar surface area (TPSA) is 88.5 Å².